The Morgan fingerprint density at radius 3 is 2.57 bits per heavy atom. The zero-order valence-electron chi connectivity index (χ0n) is 11.8. The zero-order chi connectivity index (χ0) is 15.7. The van der Waals surface area contributed by atoms with Crippen molar-refractivity contribution in [1.29, 1.82) is 0 Å². The summed E-state index contributed by atoms with van der Waals surface area (Å²) in [4.78, 5) is 14.0. The molecule has 112 valence electrons. The third kappa shape index (κ3) is 3.18. The van der Waals surface area contributed by atoms with E-state index in [4.69, 9.17) is 34.8 Å². The van der Waals surface area contributed by atoms with Gasteiger partial charge in [0.1, 0.15) is 5.15 Å². The van der Waals surface area contributed by atoms with Gasteiger partial charge in [0, 0.05) is 20.6 Å². The van der Waals surface area contributed by atoms with Crippen molar-refractivity contribution in [3.63, 3.8) is 0 Å². The Morgan fingerprint density at radius 2 is 2.00 bits per heavy atom. The van der Waals surface area contributed by atoms with Crippen LogP contribution >= 0.6 is 34.8 Å². The molecular formula is C14H14Cl3N3O. The first-order valence-corrected chi connectivity index (χ1v) is 7.33. The molecule has 21 heavy (non-hydrogen) atoms. The molecule has 7 heteroatoms. The first kappa shape index (κ1) is 16.1. The van der Waals surface area contributed by atoms with Crippen molar-refractivity contribution in [2.75, 3.05) is 7.05 Å². The predicted octanol–water partition coefficient (Wildman–Crippen LogP) is 3.96. The van der Waals surface area contributed by atoms with Crippen LogP contribution < -0.4 is 0 Å². The molecule has 0 saturated heterocycles. The van der Waals surface area contributed by atoms with Crippen LogP contribution in [0.15, 0.2) is 18.2 Å². The van der Waals surface area contributed by atoms with Gasteiger partial charge in [0.25, 0.3) is 5.91 Å². The van der Waals surface area contributed by atoms with E-state index in [1.807, 2.05) is 6.07 Å². The molecule has 0 radical (unpaired) electrons. The second-order valence-electron chi connectivity index (χ2n) is 4.75. The highest BCUT2D eigenvalue weighted by molar-refractivity contribution is 6.42. The Balaban J connectivity index is 2.26. The molecular weight excluding hydrogens is 333 g/mol. The lowest BCUT2D eigenvalue weighted by Gasteiger charge is -2.18. The number of hydrogen-bond donors (Lipinski definition) is 0. The number of carbonyl (C=O) groups excluding carboxylic acids is 1. The average molecular weight is 347 g/mol. The van der Waals surface area contributed by atoms with Crippen molar-refractivity contribution in [1.82, 2.24) is 14.7 Å². The highest BCUT2D eigenvalue weighted by atomic mass is 35.5. The molecule has 0 N–H and O–H groups in total. The maximum absolute atomic E-state index is 12.5. The maximum Gasteiger partial charge on any atom is 0.258 e. The molecule has 0 saturated carbocycles. The Morgan fingerprint density at radius 1 is 1.33 bits per heavy atom. The van der Waals surface area contributed by atoms with Crippen LogP contribution in [0.4, 0.5) is 0 Å². The lowest BCUT2D eigenvalue weighted by Crippen LogP contribution is -2.27. The van der Waals surface area contributed by atoms with Crippen molar-refractivity contribution in [2.24, 2.45) is 7.05 Å². The largest absolute Gasteiger partial charge is 0.337 e. The van der Waals surface area contributed by atoms with Crippen LogP contribution in [0.2, 0.25) is 15.2 Å². The van der Waals surface area contributed by atoms with Crippen LogP contribution in [0, 0.1) is 6.92 Å². The van der Waals surface area contributed by atoms with Gasteiger partial charge < -0.3 is 4.90 Å². The summed E-state index contributed by atoms with van der Waals surface area (Å²) in [6.45, 7) is 2.09. The van der Waals surface area contributed by atoms with Crippen LogP contribution in [0.1, 0.15) is 21.6 Å². The van der Waals surface area contributed by atoms with E-state index in [9.17, 15) is 4.79 Å². The van der Waals surface area contributed by atoms with E-state index in [-0.39, 0.29) is 5.91 Å². The molecule has 0 aliphatic carbocycles. The SMILES string of the molecule is Cc1nn(C)c(Cl)c1C(=O)N(C)Cc1cccc(Cl)c1Cl. The summed E-state index contributed by atoms with van der Waals surface area (Å²) in [5, 5.41) is 5.38. The van der Waals surface area contributed by atoms with E-state index < -0.39 is 0 Å². The van der Waals surface area contributed by atoms with Crippen LogP contribution in [0.5, 0.6) is 0 Å². The normalized spacial score (nSPS) is 10.8. The lowest BCUT2D eigenvalue weighted by atomic mass is 10.2. The molecule has 0 bridgehead atoms. The van der Waals surface area contributed by atoms with E-state index in [1.165, 1.54) is 9.58 Å². The molecule has 0 fully saturated rings. The number of rotatable bonds is 3. The molecule has 0 unspecified atom stereocenters. The molecule has 1 heterocycles. The smallest absolute Gasteiger partial charge is 0.258 e. The quantitative estimate of drug-likeness (QED) is 0.843. The minimum Gasteiger partial charge on any atom is -0.337 e. The fourth-order valence-electron chi connectivity index (χ4n) is 2.06. The van der Waals surface area contributed by atoms with E-state index >= 15 is 0 Å². The van der Waals surface area contributed by atoms with Gasteiger partial charge in [-0.15, -0.1) is 0 Å². The van der Waals surface area contributed by atoms with E-state index in [2.05, 4.69) is 5.10 Å². The molecule has 2 aromatic rings. The number of aromatic nitrogens is 2. The third-order valence-electron chi connectivity index (χ3n) is 3.15. The summed E-state index contributed by atoms with van der Waals surface area (Å²) in [6.07, 6.45) is 0. The molecule has 4 nitrogen and oxygen atoms in total. The van der Waals surface area contributed by atoms with Crippen molar-refractivity contribution in [3.05, 3.63) is 50.2 Å². The molecule has 2 rings (SSSR count). The lowest BCUT2D eigenvalue weighted by molar-refractivity contribution is 0.0784. The van der Waals surface area contributed by atoms with Gasteiger partial charge in [0.2, 0.25) is 0 Å². The van der Waals surface area contributed by atoms with Gasteiger partial charge in [-0.1, -0.05) is 46.9 Å². The molecule has 1 aromatic heterocycles. The number of amides is 1. The maximum atomic E-state index is 12.5. The van der Waals surface area contributed by atoms with Gasteiger partial charge in [-0.05, 0) is 18.6 Å². The van der Waals surface area contributed by atoms with Crippen molar-refractivity contribution >= 4 is 40.7 Å². The van der Waals surface area contributed by atoms with Crippen molar-refractivity contribution in [2.45, 2.75) is 13.5 Å². The van der Waals surface area contributed by atoms with Gasteiger partial charge >= 0.3 is 0 Å². The average Bonchev–Trinajstić information content (AvgIpc) is 2.68. The Hall–Kier alpha value is -1.23. The van der Waals surface area contributed by atoms with Gasteiger partial charge in [0.15, 0.2) is 0 Å². The topological polar surface area (TPSA) is 38.1 Å². The summed E-state index contributed by atoms with van der Waals surface area (Å²) in [5.74, 6) is -0.207. The van der Waals surface area contributed by atoms with Crippen LogP contribution in [0.25, 0.3) is 0 Å². The second kappa shape index (κ2) is 6.26. The summed E-state index contributed by atoms with van der Waals surface area (Å²) in [7, 11) is 3.38. The zero-order valence-corrected chi connectivity index (χ0v) is 14.1. The van der Waals surface area contributed by atoms with Gasteiger partial charge in [-0.2, -0.15) is 5.10 Å². The first-order chi connectivity index (χ1) is 9.82. The highest BCUT2D eigenvalue weighted by Crippen LogP contribution is 2.27. The second-order valence-corrected chi connectivity index (χ2v) is 5.89. The number of carbonyl (C=O) groups is 1. The minimum atomic E-state index is -0.207. The van der Waals surface area contributed by atoms with Gasteiger partial charge in [0.05, 0.1) is 21.3 Å². The number of halogens is 3. The first-order valence-electron chi connectivity index (χ1n) is 6.20. The monoisotopic (exact) mass is 345 g/mol. The van der Waals surface area contributed by atoms with Gasteiger partial charge in [-0.3, -0.25) is 9.48 Å². The fourth-order valence-corrected chi connectivity index (χ4v) is 2.70. The number of hydrogen-bond acceptors (Lipinski definition) is 2. The van der Waals surface area contributed by atoms with Crippen LogP contribution in [-0.4, -0.2) is 27.6 Å². The van der Waals surface area contributed by atoms with Crippen molar-refractivity contribution in [3.8, 4) is 0 Å². The summed E-state index contributed by atoms with van der Waals surface area (Å²) < 4.78 is 1.48. The number of nitrogens with zero attached hydrogens (tertiary/aromatic N) is 3. The van der Waals surface area contributed by atoms with Crippen molar-refractivity contribution < 1.29 is 4.79 Å². The highest BCUT2D eigenvalue weighted by Gasteiger charge is 2.22. The van der Waals surface area contributed by atoms with E-state index in [0.717, 1.165) is 5.56 Å². The molecule has 0 aliphatic heterocycles. The molecule has 0 aliphatic rings. The van der Waals surface area contributed by atoms with Gasteiger partial charge in [-0.25, -0.2) is 0 Å². The fraction of sp³-hybridized carbons (Fsp3) is 0.286. The van der Waals surface area contributed by atoms with Crippen LogP contribution in [0.3, 0.4) is 0 Å². The molecule has 0 spiro atoms. The Kier molecular flexibility index (Phi) is 4.81. The summed E-state index contributed by atoms with van der Waals surface area (Å²) in [5.41, 5.74) is 1.77. The molecule has 0 atom stereocenters. The number of benzene rings is 1. The standard InChI is InChI=1S/C14H14Cl3N3O/c1-8-11(13(17)20(3)18-8)14(21)19(2)7-9-5-4-6-10(15)12(9)16/h4-6H,7H2,1-3H3. The van der Waals surface area contributed by atoms with E-state index in [0.29, 0.717) is 33.0 Å². The summed E-state index contributed by atoms with van der Waals surface area (Å²) in [6, 6.07) is 5.33. The Labute approximate surface area is 138 Å². The molecule has 1 amide bonds. The Bertz CT molecular complexity index is 697. The minimum absolute atomic E-state index is 0.207. The molecule has 1 aromatic carbocycles. The summed E-state index contributed by atoms with van der Waals surface area (Å²) >= 11 is 18.2. The van der Waals surface area contributed by atoms with E-state index in [1.54, 1.807) is 33.2 Å². The van der Waals surface area contributed by atoms with Crippen LogP contribution in [-0.2, 0) is 13.6 Å². The third-order valence-corrected chi connectivity index (χ3v) is 4.44. The predicted molar refractivity (Wildman–Crippen MR) is 85.2 cm³/mol. The number of aryl methyl sites for hydroxylation is 2.